The first-order valence-electron chi connectivity index (χ1n) is 1.96. The number of hydrogen-bond acceptors (Lipinski definition) is 0. The van der Waals surface area contributed by atoms with Gasteiger partial charge in [-0.1, -0.05) is 0 Å². The second kappa shape index (κ2) is 1.70. The van der Waals surface area contributed by atoms with Gasteiger partial charge in [0.05, 0.1) is 0 Å². The summed E-state index contributed by atoms with van der Waals surface area (Å²) in [5, 5.41) is 0. The van der Waals surface area contributed by atoms with Crippen LogP contribution in [-0.2, 0) is 0 Å². The zero-order chi connectivity index (χ0) is 7.28. The molecule has 1 aliphatic heterocycles. The van der Waals surface area contributed by atoms with Gasteiger partial charge in [0.2, 0.25) is 0 Å². The van der Waals surface area contributed by atoms with Crippen LogP contribution in [0.3, 0.4) is 0 Å². The zero-order valence-corrected chi connectivity index (χ0v) is 6.13. The van der Waals surface area contributed by atoms with E-state index in [9.17, 15) is 20.4 Å². The number of alkyl halides is 6. The van der Waals surface area contributed by atoms with Crippen LogP contribution < -0.4 is 0 Å². The predicted octanol–water partition coefficient (Wildman–Crippen LogP) is 2.62. The summed E-state index contributed by atoms with van der Waals surface area (Å²) in [4.78, 5) is 0. The minimum absolute atomic E-state index is 1.19. The van der Waals surface area contributed by atoms with Gasteiger partial charge in [0, 0.05) is 0 Å². The Morgan fingerprint density at radius 1 is 1.11 bits per heavy atom. The molecule has 0 spiro atoms. The third-order valence-corrected chi connectivity index (χ3v) is 4.84. The first kappa shape index (κ1) is 7.49. The molecule has 56 valence electrons. The van der Waals surface area contributed by atoms with E-state index < -0.39 is 34.7 Å². The van der Waals surface area contributed by atoms with E-state index >= 15 is 0 Å². The van der Waals surface area contributed by atoms with Gasteiger partial charge in [0.25, 0.3) is 0 Å². The molecule has 6 heteroatoms. The van der Waals surface area contributed by atoms with Gasteiger partial charge >= 0.3 is 55.1 Å². The number of halogens is 6. The average Bonchev–Trinajstić information content (AvgIpc) is 1.65. The van der Waals surface area contributed by atoms with Gasteiger partial charge in [-0.05, 0) is 0 Å². The van der Waals surface area contributed by atoms with Crippen molar-refractivity contribution in [3.63, 3.8) is 0 Å². The van der Waals surface area contributed by atoms with Gasteiger partial charge in [0.1, 0.15) is 0 Å². The molecule has 1 aliphatic rings. The molecule has 1 rings (SSSR count). The summed E-state index contributed by atoms with van der Waals surface area (Å²) in [6.45, 7) is 0. The molecule has 0 aromatic carbocycles. The first-order chi connectivity index (χ1) is 3.88. The monoisotopic (exact) mass is 260 g/mol. The Morgan fingerprint density at radius 3 is 1.56 bits per heavy atom. The quantitative estimate of drug-likeness (QED) is 0.357. The maximum atomic E-state index is 11.7. The molecule has 0 nitrogen and oxygen atoms in total. The second-order valence-electron chi connectivity index (χ2n) is 1.64. The fraction of sp³-hybridized carbons (Fsp3) is 1.00. The first-order valence-corrected chi connectivity index (χ1v) is 5.38. The van der Waals surface area contributed by atoms with Crippen LogP contribution in [-0.4, -0.2) is 14.3 Å². The van der Waals surface area contributed by atoms with Crippen LogP contribution in [0.2, 0.25) is 0 Å². The van der Waals surface area contributed by atoms with Gasteiger partial charge in [-0.2, -0.15) is 0 Å². The second-order valence-corrected chi connectivity index (χ2v) is 5.51. The Kier molecular flexibility index (Phi) is 1.42. The van der Waals surface area contributed by atoms with Crippen LogP contribution in [0.4, 0.5) is 20.4 Å². The average molecular weight is 260 g/mol. The maximum absolute atomic E-state index is 11.7. The Balaban J connectivity index is 2.70. The molecule has 0 radical (unpaired) electrons. The van der Waals surface area contributed by atoms with Crippen molar-refractivity contribution < 1.29 is 20.4 Å². The molecular formula is C3H2F5I. The molecule has 0 atom stereocenters. The normalized spacial score (nSPS) is 33.7. The standard InChI is InChI=1S/C3H2F5I/c4-2(5)1-9(8)3(2,6)7/h1H2. The summed E-state index contributed by atoms with van der Waals surface area (Å²) in [6.07, 6.45) is 0. The van der Waals surface area contributed by atoms with Crippen molar-refractivity contribution in [1.82, 2.24) is 0 Å². The van der Waals surface area contributed by atoms with Crippen molar-refractivity contribution >= 4 is 20.4 Å². The van der Waals surface area contributed by atoms with E-state index in [0.717, 1.165) is 0 Å². The van der Waals surface area contributed by atoms with Crippen LogP contribution in [0.1, 0.15) is 0 Å². The summed E-state index contributed by atoms with van der Waals surface area (Å²) in [7, 11) is 0. The van der Waals surface area contributed by atoms with Crippen LogP contribution in [0.5, 0.6) is 0 Å². The van der Waals surface area contributed by atoms with E-state index in [2.05, 4.69) is 0 Å². The Bertz CT molecular complexity index is 132. The van der Waals surface area contributed by atoms with Crippen LogP contribution in [0.15, 0.2) is 0 Å². The summed E-state index contributed by atoms with van der Waals surface area (Å²) < 4.78 is 52.8. The summed E-state index contributed by atoms with van der Waals surface area (Å²) in [5.74, 6) is -4.05. The van der Waals surface area contributed by atoms with Crippen LogP contribution >= 0.6 is 20.4 Å². The van der Waals surface area contributed by atoms with Crippen molar-refractivity contribution in [3.8, 4) is 0 Å². The molecule has 0 aliphatic carbocycles. The van der Waals surface area contributed by atoms with Gasteiger partial charge in [0.15, 0.2) is 0 Å². The van der Waals surface area contributed by atoms with Gasteiger partial charge < -0.3 is 0 Å². The van der Waals surface area contributed by atoms with Crippen LogP contribution in [0.25, 0.3) is 0 Å². The fourth-order valence-corrected chi connectivity index (χ4v) is 2.58. The Labute approximate surface area is 55.6 Å². The topological polar surface area (TPSA) is 0 Å². The van der Waals surface area contributed by atoms with E-state index in [1.165, 1.54) is 0 Å². The molecule has 9 heavy (non-hydrogen) atoms. The third-order valence-electron chi connectivity index (χ3n) is 0.957. The van der Waals surface area contributed by atoms with Gasteiger partial charge in [-0.15, -0.1) is 0 Å². The van der Waals surface area contributed by atoms with E-state index in [1.807, 2.05) is 0 Å². The molecule has 0 amide bonds. The number of hydrogen-bond donors (Lipinski definition) is 0. The zero-order valence-electron chi connectivity index (χ0n) is 3.97. The molecule has 1 heterocycles. The van der Waals surface area contributed by atoms with Crippen molar-refractivity contribution in [1.29, 1.82) is 0 Å². The number of rotatable bonds is 0. The van der Waals surface area contributed by atoms with Crippen molar-refractivity contribution in [2.24, 2.45) is 0 Å². The van der Waals surface area contributed by atoms with Crippen molar-refractivity contribution in [2.75, 3.05) is 4.43 Å². The summed E-state index contributed by atoms with van der Waals surface area (Å²) in [5.41, 5.74) is 0. The third kappa shape index (κ3) is 0.821. The van der Waals surface area contributed by atoms with Crippen LogP contribution in [0, 0.1) is 0 Å². The van der Waals surface area contributed by atoms with Crippen molar-refractivity contribution in [2.45, 2.75) is 9.85 Å². The molecule has 0 unspecified atom stereocenters. The predicted molar refractivity (Wildman–Crippen MR) is 29.9 cm³/mol. The molecule has 1 saturated heterocycles. The van der Waals surface area contributed by atoms with Crippen molar-refractivity contribution in [3.05, 3.63) is 0 Å². The molecule has 0 bridgehead atoms. The molecule has 0 aromatic rings. The Hall–Kier alpha value is 0.380. The molecule has 1 fully saturated rings. The molecule has 0 aromatic heterocycles. The molecule has 0 saturated carbocycles. The van der Waals surface area contributed by atoms with E-state index in [-0.39, 0.29) is 0 Å². The Morgan fingerprint density at radius 2 is 1.56 bits per heavy atom. The fourth-order valence-electron chi connectivity index (χ4n) is 0.385. The summed E-state index contributed by atoms with van der Waals surface area (Å²) >= 11 is -4.04. The van der Waals surface area contributed by atoms with Gasteiger partial charge in [-0.3, -0.25) is 0 Å². The summed E-state index contributed by atoms with van der Waals surface area (Å²) in [6, 6.07) is 0. The van der Waals surface area contributed by atoms with Gasteiger partial charge in [-0.25, -0.2) is 0 Å². The molecular weight excluding hydrogens is 258 g/mol. The van der Waals surface area contributed by atoms with E-state index in [4.69, 9.17) is 0 Å². The SMILES string of the molecule is FI1CC(F)(F)C1(F)F. The van der Waals surface area contributed by atoms with E-state index in [1.54, 1.807) is 0 Å². The van der Waals surface area contributed by atoms with E-state index in [0.29, 0.717) is 0 Å². The molecule has 0 N–H and O–H groups in total. The minimum atomic E-state index is -4.27.